The van der Waals surface area contributed by atoms with Gasteiger partial charge in [-0.1, -0.05) is 41.9 Å². The number of nitrogens with one attached hydrogen (secondary N) is 3. The average Bonchev–Trinajstić information content (AvgIpc) is 2.60. The van der Waals surface area contributed by atoms with E-state index < -0.39 is 11.8 Å². The summed E-state index contributed by atoms with van der Waals surface area (Å²) in [4.78, 5) is 21.9. The van der Waals surface area contributed by atoms with Gasteiger partial charge in [-0.05, 0) is 48.7 Å². The molecule has 6 nitrogen and oxygen atoms in total. The van der Waals surface area contributed by atoms with Crippen molar-refractivity contribution in [2.75, 3.05) is 11.9 Å². The number of carbonyl (C=O) groups excluding carboxylic acids is 2. The number of ketones is 1. The topological polar surface area (TPSA) is 108 Å². The minimum absolute atomic E-state index is 0.0373. The summed E-state index contributed by atoms with van der Waals surface area (Å²) in [7, 11) is 0. The van der Waals surface area contributed by atoms with Crippen molar-refractivity contribution in [1.29, 1.82) is 5.41 Å². The van der Waals surface area contributed by atoms with Gasteiger partial charge in [0.25, 0.3) is 0 Å². The van der Waals surface area contributed by atoms with Crippen LogP contribution in [0.2, 0.25) is 0 Å². The summed E-state index contributed by atoms with van der Waals surface area (Å²) in [5.74, 6) is -0.660. The standard InChI is InChI=1S/C11H13FN4O2.C9H11Br/c1-6(17)5-15-11(18)16-7-2-3-8(10(13)14)9(12)4-7;1-7(2)8-4-3-5-9(10)6-8/h2-4H,5H2,1H3,(H3,13,14)(H2,15,16,18);3-7H,1-2H3. The molecule has 0 fully saturated rings. The number of halogens is 2. The fourth-order valence-electron chi connectivity index (χ4n) is 2.06. The number of benzene rings is 2. The predicted molar refractivity (Wildman–Crippen MR) is 113 cm³/mol. The number of Topliss-reactive ketones (excluding diaryl/α,β-unsaturated/α-hetero) is 1. The molecule has 0 heterocycles. The molecule has 0 spiro atoms. The summed E-state index contributed by atoms with van der Waals surface area (Å²) < 4.78 is 14.6. The summed E-state index contributed by atoms with van der Waals surface area (Å²) in [5.41, 5.74) is 6.71. The van der Waals surface area contributed by atoms with E-state index in [1.165, 1.54) is 29.1 Å². The maximum absolute atomic E-state index is 13.4. The van der Waals surface area contributed by atoms with Crippen LogP contribution in [0, 0.1) is 11.2 Å². The van der Waals surface area contributed by atoms with Gasteiger partial charge >= 0.3 is 6.03 Å². The van der Waals surface area contributed by atoms with Crippen LogP contribution in [-0.4, -0.2) is 24.2 Å². The number of amidine groups is 1. The van der Waals surface area contributed by atoms with E-state index in [9.17, 15) is 14.0 Å². The van der Waals surface area contributed by atoms with Crippen LogP contribution in [0.1, 0.15) is 37.8 Å². The number of amides is 2. The van der Waals surface area contributed by atoms with Gasteiger partial charge < -0.3 is 16.4 Å². The number of nitrogen functional groups attached to an aromatic ring is 1. The highest BCUT2D eigenvalue weighted by Gasteiger charge is 2.08. The van der Waals surface area contributed by atoms with E-state index in [0.717, 1.165) is 6.07 Å². The van der Waals surface area contributed by atoms with E-state index >= 15 is 0 Å². The quantitative estimate of drug-likeness (QED) is 0.400. The zero-order chi connectivity index (χ0) is 21.3. The van der Waals surface area contributed by atoms with Gasteiger partial charge in [0, 0.05) is 10.2 Å². The first kappa shape index (κ1) is 23.3. The van der Waals surface area contributed by atoms with Crippen LogP contribution in [0.25, 0.3) is 0 Å². The Kier molecular flexibility index (Phi) is 9.31. The molecule has 5 N–H and O–H groups in total. The SMILES string of the molecule is CC(=O)CNC(=O)Nc1ccc(C(=N)N)c(F)c1.CC(C)c1cccc(Br)c1. The van der Waals surface area contributed by atoms with Gasteiger partial charge in [0.15, 0.2) is 0 Å². The molecular weight excluding hydrogens is 427 g/mol. The third-order valence-electron chi connectivity index (χ3n) is 3.53. The molecule has 0 aromatic heterocycles. The lowest BCUT2D eigenvalue weighted by Crippen LogP contribution is -2.32. The van der Waals surface area contributed by atoms with Crippen molar-refractivity contribution in [3.05, 3.63) is 63.9 Å². The van der Waals surface area contributed by atoms with Crippen molar-refractivity contribution < 1.29 is 14.0 Å². The van der Waals surface area contributed by atoms with Gasteiger partial charge in [0.1, 0.15) is 17.4 Å². The number of urea groups is 1. The molecule has 0 unspecified atom stereocenters. The first-order valence-electron chi connectivity index (χ1n) is 8.53. The van der Waals surface area contributed by atoms with Crippen molar-refractivity contribution in [2.24, 2.45) is 5.73 Å². The molecule has 150 valence electrons. The van der Waals surface area contributed by atoms with Crippen LogP contribution in [-0.2, 0) is 4.79 Å². The van der Waals surface area contributed by atoms with E-state index in [-0.39, 0.29) is 29.4 Å². The predicted octanol–water partition coefficient (Wildman–Crippen LogP) is 4.39. The first-order chi connectivity index (χ1) is 13.1. The van der Waals surface area contributed by atoms with Crippen molar-refractivity contribution in [1.82, 2.24) is 5.32 Å². The third kappa shape index (κ3) is 8.30. The van der Waals surface area contributed by atoms with Crippen molar-refractivity contribution in [2.45, 2.75) is 26.7 Å². The molecule has 0 atom stereocenters. The zero-order valence-corrected chi connectivity index (χ0v) is 17.6. The van der Waals surface area contributed by atoms with E-state index in [4.69, 9.17) is 11.1 Å². The Morgan fingerprint density at radius 2 is 1.89 bits per heavy atom. The van der Waals surface area contributed by atoms with Crippen molar-refractivity contribution in [3.63, 3.8) is 0 Å². The number of hydrogen-bond donors (Lipinski definition) is 4. The average molecular weight is 451 g/mol. The number of anilines is 1. The number of carbonyl (C=O) groups is 2. The lowest BCUT2D eigenvalue weighted by Gasteiger charge is -2.07. The maximum atomic E-state index is 13.4. The second-order valence-corrected chi connectivity index (χ2v) is 7.24. The molecule has 0 aliphatic carbocycles. The molecule has 0 aliphatic heterocycles. The zero-order valence-electron chi connectivity index (χ0n) is 16.0. The van der Waals surface area contributed by atoms with Gasteiger partial charge in [-0.2, -0.15) is 0 Å². The Labute approximate surface area is 172 Å². The van der Waals surface area contributed by atoms with Gasteiger partial charge in [0.2, 0.25) is 0 Å². The molecule has 2 aromatic rings. The van der Waals surface area contributed by atoms with Crippen LogP contribution < -0.4 is 16.4 Å². The Morgan fingerprint density at radius 3 is 2.36 bits per heavy atom. The lowest BCUT2D eigenvalue weighted by atomic mass is 10.0. The second kappa shape index (κ2) is 11.2. The van der Waals surface area contributed by atoms with Crippen molar-refractivity contribution >= 4 is 39.3 Å². The minimum atomic E-state index is -0.702. The molecule has 28 heavy (non-hydrogen) atoms. The molecule has 2 rings (SSSR count). The molecule has 8 heteroatoms. The molecule has 2 amide bonds. The summed E-state index contributed by atoms with van der Waals surface area (Å²) in [6.45, 7) is 5.63. The molecule has 0 bridgehead atoms. The van der Waals surface area contributed by atoms with Crippen LogP contribution in [0.15, 0.2) is 46.9 Å². The fraction of sp³-hybridized carbons (Fsp3) is 0.250. The monoisotopic (exact) mass is 450 g/mol. The lowest BCUT2D eigenvalue weighted by molar-refractivity contribution is -0.116. The molecule has 0 aliphatic rings. The van der Waals surface area contributed by atoms with E-state index in [2.05, 4.69) is 58.6 Å². The van der Waals surface area contributed by atoms with Gasteiger partial charge in [-0.3, -0.25) is 10.2 Å². The Balaban J connectivity index is 0.000000330. The highest BCUT2D eigenvalue weighted by Crippen LogP contribution is 2.18. The highest BCUT2D eigenvalue weighted by atomic mass is 79.9. The van der Waals surface area contributed by atoms with Crippen LogP contribution in [0.3, 0.4) is 0 Å². The van der Waals surface area contributed by atoms with E-state index in [0.29, 0.717) is 5.92 Å². The summed E-state index contributed by atoms with van der Waals surface area (Å²) in [6, 6.07) is 11.6. The Bertz CT molecular complexity index is 856. The summed E-state index contributed by atoms with van der Waals surface area (Å²) in [5, 5.41) is 11.8. The smallest absolute Gasteiger partial charge is 0.319 e. The van der Waals surface area contributed by atoms with Gasteiger partial charge in [-0.15, -0.1) is 0 Å². The van der Waals surface area contributed by atoms with Gasteiger partial charge in [0.05, 0.1) is 12.1 Å². The molecular formula is C20H24BrFN4O2. The van der Waals surface area contributed by atoms with Crippen molar-refractivity contribution in [3.8, 4) is 0 Å². The van der Waals surface area contributed by atoms with E-state index in [1.807, 2.05) is 6.07 Å². The van der Waals surface area contributed by atoms with Crippen LogP contribution in [0.4, 0.5) is 14.9 Å². The number of nitrogens with two attached hydrogens (primary N) is 1. The van der Waals surface area contributed by atoms with Crippen LogP contribution >= 0.6 is 15.9 Å². The highest BCUT2D eigenvalue weighted by molar-refractivity contribution is 9.10. The Morgan fingerprint density at radius 1 is 1.21 bits per heavy atom. The third-order valence-corrected chi connectivity index (χ3v) is 4.02. The van der Waals surface area contributed by atoms with Crippen LogP contribution in [0.5, 0.6) is 0 Å². The van der Waals surface area contributed by atoms with E-state index in [1.54, 1.807) is 0 Å². The Hall–Kier alpha value is -2.74. The van der Waals surface area contributed by atoms with Gasteiger partial charge in [-0.25, -0.2) is 9.18 Å². The fourth-order valence-corrected chi connectivity index (χ4v) is 2.47. The minimum Gasteiger partial charge on any atom is -0.384 e. The second-order valence-electron chi connectivity index (χ2n) is 6.33. The molecule has 0 saturated heterocycles. The first-order valence-corrected chi connectivity index (χ1v) is 9.33. The maximum Gasteiger partial charge on any atom is 0.319 e. The summed E-state index contributed by atoms with van der Waals surface area (Å²) in [6.07, 6.45) is 0. The number of rotatable bonds is 5. The number of hydrogen-bond acceptors (Lipinski definition) is 3. The molecule has 0 radical (unpaired) electrons. The molecule has 0 saturated carbocycles. The molecule has 2 aromatic carbocycles. The normalized spacial score (nSPS) is 9.93. The largest absolute Gasteiger partial charge is 0.384 e. The summed E-state index contributed by atoms with van der Waals surface area (Å²) >= 11 is 3.43.